The number of rotatable bonds is 5. The van der Waals surface area contributed by atoms with Crippen LogP contribution >= 0.6 is 0 Å². The normalized spacial score (nSPS) is 13.3. The lowest BCUT2D eigenvalue weighted by molar-refractivity contribution is -0.137. The summed E-state index contributed by atoms with van der Waals surface area (Å²) in [5, 5.41) is 4.78. The number of alkyl halides is 3. The number of halogens is 3. The van der Waals surface area contributed by atoms with Crippen LogP contribution in [0, 0.1) is 6.92 Å². The molecule has 1 aliphatic heterocycles. The number of fused-ring (bicyclic) bond motifs is 1. The van der Waals surface area contributed by atoms with Crippen LogP contribution in [0.3, 0.4) is 0 Å². The first-order valence-electron chi connectivity index (χ1n) is 10.5. The van der Waals surface area contributed by atoms with Crippen molar-refractivity contribution in [1.82, 2.24) is 0 Å². The van der Waals surface area contributed by atoms with Crippen molar-refractivity contribution in [3.8, 4) is 11.5 Å². The summed E-state index contributed by atoms with van der Waals surface area (Å²) >= 11 is 0. The van der Waals surface area contributed by atoms with E-state index in [-0.39, 0.29) is 22.0 Å². The van der Waals surface area contributed by atoms with Gasteiger partial charge in [-0.15, -0.1) is 0 Å². The van der Waals surface area contributed by atoms with Crippen molar-refractivity contribution in [2.24, 2.45) is 0 Å². The van der Waals surface area contributed by atoms with E-state index >= 15 is 0 Å². The Hall–Kier alpha value is -3.73. The Morgan fingerprint density at radius 2 is 1.60 bits per heavy atom. The Kier molecular flexibility index (Phi) is 6.62. The number of aryl methyl sites for hydroxylation is 1. The molecule has 0 aliphatic carbocycles. The van der Waals surface area contributed by atoms with E-state index in [0.717, 1.165) is 12.1 Å². The number of ether oxygens (including phenoxy) is 2. The molecule has 0 spiro atoms. The van der Waals surface area contributed by atoms with Gasteiger partial charge in [-0.25, -0.2) is 13.2 Å². The maximum absolute atomic E-state index is 13.1. The second-order valence-electron chi connectivity index (χ2n) is 7.88. The first-order chi connectivity index (χ1) is 16.5. The molecule has 0 atom stereocenters. The second-order valence-corrected chi connectivity index (χ2v) is 9.83. The van der Waals surface area contributed by atoms with Gasteiger partial charge in [0.05, 0.1) is 16.2 Å². The number of anilines is 2. The van der Waals surface area contributed by atoms with Gasteiger partial charge in [0.15, 0.2) is 21.3 Å². The lowest BCUT2D eigenvalue weighted by Gasteiger charge is -2.19. The first-order valence-corrected chi connectivity index (χ1v) is 12.1. The molecule has 0 unspecified atom stereocenters. The minimum Gasteiger partial charge on any atom is -0.486 e. The summed E-state index contributed by atoms with van der Waals surface area (Å²) in [5.74, 6) is 0.721. The highest BCUT2D eigenvalue weighted by atomic mass is 32.2. The summed E-state index contributed by atoms with van der Waals surface area (Å²) in [5.41, 5.74) is 0.190. The van der Waals surface area contributed by atoms with Gasteiger partial charge in [-0.2, -0.15) is 13.2 Å². The van der Waals surface area contributed by atoms with Gasteiger partial charge in [0.2, 0.25) is 0 Å². The minimum atomic E-state index is -4.55. The molecule has 0 bridgehead atoms. The van der Waals surface area contributed by atoms with Crippen LogP contribution in [-0.4, -0.2) is 27.7 Å². The highest BCUT2D eigenvalue weighted by molar-refractivity contribution is 7.90. The van der Waals surface area contributed by atoms with Crippen molar-refractivity contribution in [3.05, 3.63) is 77.4 Å². The molecule has 2 N–H and O–H groups in total. The predicted octanol–water partition coefficient (Wildman–Crippen LogP) is 5.40. The summed E-state index contributed by atoms with van der Waals surface area (Å²) in [4.78, 5) is 12.4. The number of sulfone groups is 1. The van der Waals surface area contributed by atoms with Crippen molar-refractivity contribution >= 4 is 27.2 Å². The van der Waals surface area contributed by atoms with E-state index in [1.54, 1.807) is 25.1 Å². The summed E-state index contributed by atoms with van der Waals surface area (Å²) < 4.78 is 75.9. The molecule has 1 heterocycles. The average Bonchev–Trinajstić information content (AvgIpc) is 2.79. The summed E-state index contributed by atoms with van der Waals surface area (Å²) in [6, 6.07) is 12.6. The number of amides is 2. The molecule has 0 radical (unpaired) electrons. The van der Waals surface area contributed by atoms with E-state index in [0.29, 0.717) is 35.8 Å². The van der Waals surface area contributed by atoms with E-state index < -0.39 is 27.6 Å². The number of nitrogens with one attached hydrogen (secondary N) is 2. The maximum Gasteiger partial charge on any atom is 0.416 e. The quantitative estimate of drug-likeness (QED) is 0.483. The Bertz CT molecular complexity index is 1370. The van der Waals surface area contributed by atoms with Gasteiger partial charge in [0.25, 0.3) is 0 Å². The number of carbonyl (C=O) groups excluding carboxylic acids is 1. The van der Waals surface area contributed by atoms with Gasteiger partial charge < -0.3 is 20.1 Å². The molecule has 3 aromatic rings. The Morgan fingerprint density at radius 3 is 2.31 bits per heavy atom. The van der Waals surface area contributed by atoms with E-state index in [4.69, 9.17) is 9.47 Å². The third-order valence-electron chi connectivity index (χ3n) is 5.19. The molecule has 0 fully saturated rings. The molecule has 35 heavy (non-hydrogen) atoms. The molecule has 0 aromatic heterocycles. The molecule has 7 nitrogen and oxygen atoms in total. The van der Waals surface area contributed by atoms with Gasteiger partial charge in [-0.05, 0) is 60.5 Å². The zero-order valence-corrected chi connectivity index (χ0v) is 19.3. The molecule has 4 rings (SSSR count). The Labute approximate surface area is 199 Å². The van der Waals surface area contributed by atoms with Crippen LogP contribution in [0.25, 0.3) is 0 Å². The number of hydrogen-bond donors (Lipinski definition) is 2. The van der Waals surface area contributed by atoms with Crippen LogP contribution in [0.4, 0.5) is 29.3 Å². The first kappa shape index (κ1) is 24.4. The van der Waals surface area contributed by atoms with Crippen LogP contribution in [0.5, 0.6) is 11.5 Å². The molecular formula is C24H21F3N2O5S. The zero-order valence-electron chi connectivity index (χ0n) is 18.5. The van der Waals surface area contributed by atoms with Gasteiger partial charge >= 0.3 is 12.2 Å². The summed E-state index contributed by atoms with van der Waals surface area (Å²) in [7, 11) is -3.80. The number of hydrogen-bond acceptors (Lipinski definition) is 5. The van der Waals surface area contributed by atoms with Crippen LogP contribution < -0.4 is 20.1 Å². The predicted molar refractivity (Wildman–Crippen MR) is 124 cm³/mol. The summed E-state index contributed by atoms with van der Waals surface area (Å²) in [6.45, 7) is 2.42. The standard InChI is InChI=1S/C24H21F3N2O5S/c1-15-5-7-19(29-23(30)28-18-4-2-3-17(12-18)24(25,26)27)13-22(15)35(31,32)14-16-6-8-20-21(11-16)34-10-9-33-20/h2-8,11-13H,9-10,14H2,1H3,(H2,28,29,30). The van der Waals surface area contributed by atoms with E-state index in [2.05, 4.69) is 10.6 Å². The monoisotopic (exact) mass is 506 g/mol. The lowest BCUT2D eigenvalue weighted by atomic mass is 10.2. The van der Waals surface area contributed by atoms with Crippen molar-refractivity contribution in [1.29, 1.82) is 0 Å². The molecule has 0 saturated carbocycles. The topological polar surface area (TPSA) is 93.7 Å². The Balaban J connectivity index is 1.50. The third kappa shape index (κ3) is 5.86. The fraction of sp³-hybridized carbons (Fsp3) is 0.208. The molecule has 184 valence electrons. The third-order valence-corrected chi connectivity index (χ3v) is 7.02. The second kappa shape index (κ2) is 9.49. The van der Waals surface area contributed by atoms with Gasteiger partial charge in [-0.3, -0.25) is 0 Å². The maximum atomic E-state index is 13.1. The van der Waals surface area contributed by atoms with Crippen molar-refractivity contribution < 1.29 is 35.9 Å². The van der Waals surface area contributed by atoms with Crippen LogP contribution in [0.2, 0.25) is 0 Å². The minimum absolute atomic E-state index is 0.0178. The van der Waals surface area contributed by atoms with E-state index in [1.807, 2.05) is 0 Å². The molecule has 11 heteroatoms. The largest absolute Gasteiger partial charge is 0.486 e. The number of carbonyl (C=O) groups is 1. The fourth-order valence-electron chi connectivity index (χ4n) is 3.55. The van der Waals surface area contributed by atoms with Crippen LogP contribution in [0.1, 0.15) is 16.7 Å². The lowest BCUT2D eigenvalue weighted by Crippen LogP contribution is -2.20. The molecule has 1 aliphatic rings. The van der Waals surface area contributed by atoms with Gasteiger partial charge in [0.1, 0.15) is 13.2 Å². The van der Waals surface area contributed by atoms with Crippen LogP contribution in [-0.2, 0) is 21.8 Å². The Morgan fingerprint density at radius 1 is 0.914 bits per heavy atom. The molecule has 2 amide bonds. The molecular weight excluding hydrogens is 485 g/mol. The number of benzene rings is 3. The zero-order chi connectivity index (χ0) is 25.2. The average molecular weight is 507 g/mol. The van der Waals surface area contributed by atoms with Gasteiger partial charge in [0, 0.05) is 11.4 Å². The number of urea groups is 1. The highest BCUT2D eigenvalue weighted by Gasteiger charge is 2.30. The van der Waals surface area contributed by atoms with Gasteiger partial charge in [-0.1, -0.05) is 18.2 Å². The van der Waals surface area contributed by atoms with E-state index in [9.17, 15) is 26.4 Å². The van der Waals surface area contributed by atoms with Crippen LogP contribution in [0.15, 0.2) is 65.6 Å². The molecule has 0 saturated heterocycles. The van der Waals surface area contributed by atoms with Crippen molar-refractivity contribution in [2.45, 2.75) is 23.7 Å². The van der Waals surface area contributed by atoms with Crippen molar-refractivity contribution in [2.75, 3.05) is 23.8 Å². The fourth-order valence-corrected chi connectivity index (χ4v) is 5.19. The smallest absolute Gasteiger partial charge is 0.416 e. The SMILES string of the molecule is Cc1ccc(NC(=O)Nc2cccc(C(F)(F)F)c2)cc1S(=O)(=O)Cc1ccc2c(c1)OCCO2. The highest BCUT2D eigenvalue weighted by Crippen LogP contribution is 2.33. The van der Waals surface area contributed by atoms with Crippen molar-refractivity contribution in [3.63, 3.8) is 0 Å². The summed E-state index contributed by atoms with van der Waals surface area (Å²) in [6.07, 6.45) is -4.55. The molecule has 3 aromatic carbocycles. The van der Waals surface area contributed by atoms with E-state index in [1.165, 1.54) is 30.3 Å².